The standard InChI is InChI=1S/C14H27NOSi/c1-10(2)12-9-16-14(15-12)11-7-6-8-13(11)17(3,4)5/h10-13H,6-9H2,1-5H3/t11?,12-,13?/m1/s1. The molecule has 0 aromatic rings. The molecule has 1 aliphatic heterocycles. The third kappa shape index (κ3) is 2.75. The minimum absolute atomic E-state index is 0.410. The molecule has 0 spiro atoms. The van der Waals surface area contributed by atoms with Gasteiger partial charge in [0.25, 0.3) is 0 Å². The lowest BCUT2D eigenvalue weighted by molar-refractivity contribution is 0.276. The van der Waals surface area contributed by atoms with Crippen molar-refractivity contribution in [3.8, 4) is 0 Å². The normalized spacial score (nSPS) is 34.0. The molecule has 0 saturated heterocycles. The zero-order chi connectivity index (χ0) is 12.6. The first-order valence-electron chi connectivity index (χ1n) is 7.10. The van der Waals surface area contributed by atoms with Gasteiger partial charge in [0.1, 0.15) is 6.61 Å². The van der Waals surface area contributed by atoms with Gasteiger partial charge in [-0.2, -0.15) is 0 Å². The highest BCUT2D eigenvalue weighted by Crippen LogP contribution is 2.45. The van der Waals surface area contributed by atoms with Crippen LogP contribution in [0.1, 0.15) is 33.1 Å². The summed E-state index contributed by atoms with van der Waals surface area (Å²) in [5, 5.41) is 0. The van der Waals surface area contributed by atoms with E-state index in [0.29, 0.717) is 17.9 Å². The van der Waals surface area contributed by atoms with Crippen LogP contribution in [-0.4, -0.2) is 26.6 Å². The van der Waals surface area contributed by atoms with Crippen LogP contribution in [0.4, 0.5) is 0 Å². The molecule has 17 heavy (non-hydrogen) atoms. The van der Waals surface area contributed by atoms with Crippen molar-refractivity contribution in [1.29, 1.82) is 0 Å². The van der Waals surface area contributed by atoms with E-state index < -0.39 is 8.07 Å². The van der Waals surface area contributed by atoms with Gasteiger partial charge in [-0.25, -0.2) is 4.99 Å². The molecular formula is C14H27NOSi. The van der Waals surface area contributed by atoms with E-state index >= 15 is 0 Å². The lowest BCUT2D eigenvalue weighted by Gasteiger charge is -2.30. The van der Waals surface area contributed by atoms with E-state index in [0.717, 1.165) is 18.0 Å². The fraction of sp³-hybridized carbons (Fsp3) is 0.929. The predicted molar refractivity (Wildman–Crippen MR) is 76.5 cm³/mol. The minimum Gasteiger partial charge on any atom is -0.478 e. The molecule has 2 unspecified atom stereocenters. The van der Waals surface area contributed by atoms with Crippen LogP contribution in [-0.2, 0) is 4.74 Å². The van der Waals surface area contributed by atoms with Gasteiger partial charge in [-0.1, -0.05) is 46.3 Å². The second-order valence-corrected chi connectivity index (χ2v) is 12.6. The summed E-state index contributed by atoms with van der Waals surface area (Å²) in [6.45, 7) is 12.8. The molecule has 0 amide bonds. The highest BCUT2D eigenvalue weighted by atomic mass is 28.3. The average molecular weight is 253 g/mol. The smallest absolute Gasteiger partial charge is 0.186 e. The Hall–Kier alpha value is -0.313. The SMILES string of the molecule is CC(C)[C@H]1COC(C2CCCC2[Si](C)(C)C)=N1. The molecule has 2 aliphatic rings. The Balaban J connectivity index is 2.10. The quantitative estimate of drug-likeness (QED) is 0.698. The number of ether oxygens (including phenoxy) is 1. The zero-order valence-electron chi connectivity index (χ0n) is 12.0. The number of hydrogen-bond donors (Lipinski definition) is 0. The summed E-state index contributed by atoms with van der Waals surface area (Å²) in [5.41, 5.74) is 0.882. The molecule has 0 aromatic carbocycles. The van der Waals surface area contributed by atoms with Crippen molar-refractivity contribution >= 4 is 14.0 Å². The van der Waals surface area contributed by atoms with Gasteiger partial charge in [-0.3, -0.25) is 0 Å². The van der Waals surface area contributed by atoms with E-state index in [4.69, 9.17) is 9.73 Å². The predicted octanol–water partition coefficient (Wildman–Crippen LogP) is 3.95. The monoisotopic (exact) mass is 253 g/mol. The Morgan fingerprint density at radius 2 is 1.94 bits per heavy atom. The van der Waals surface area contributed by atoms with Crippen LogP contribution >= 0.6 is 0 Å². The van der Waals surface area contributed by atoms with Crippen molar-refractivity contribution in [2.45, 2.75) is 64.3 Å². The molecule has 0 aromatic heterocycles. The number of nitrogens with zero attached hydrogens (tertiary/aromatic N) is 1. The summed E-state index contributed by atoms with van der Waals surface area (Å²) in [7, 11) is -1.06. The molecule has 0 N–H and O–H groups in total. The molecule has 1 fully saturated rings. The molecule has 1 heterocycles. The molecule has 3 atom stereocenters. The highest BCUT2D eigenvalue weighted by Gasteiger charge is 2.42. The lowest BCUT2D eigenvalue weighted by Crippen LogP contribution is -2.33. The van der Waals surface area contributed by atoms with Gasteiger partial charge in [-0.15, -0.1) is 0 Å². The van der Waals surface area contributed by atoms with Crippen LogP contribution < -0.4 is 0 Å². The van der Waals surface area contributed by atoms with Crippen LogP contribution in [0, 0.1) is 11.8 Å². The molecule has 98 valence electrons. The average Bonchev–Trinajstić information content (AvgIpc) is 2.85. The van der Waals surface area contributed by atoms with E-state index in [-0.39, 0.29) is 0 Å². The van der Waals surface area contributed by atoms with E-state index in [9.17, 15) is 0 Å². The minimum atomic E-state index is -1.06. The van der Waals surface area contributed by atoms with Crippen molar-refractivity contribution in [1.82, 2.24) is 0 Å². The summed E-state index contributed by atoms with van der Waals surface area (Å²) in [4.78, 5) is 4.85. The third-order valence-electron chi connectivity index (χ3n) is 4.41. The topological polar surface area (TPSA) is 21.6 Å². The fourth-order valence-corrected chi connectivity index (χ4v) is 5.83. The van der Waals surface area contributed by atoms with Gasteiger partial charge in [0.2, 0.25) is 0 Å². The molecule has 1 saturated carbocycles. The van der Waals surface area contributed by atoms with Gasteiger partial charge in [0.15, 0.2) is 5.90 Å². The van der Waals surface area contributed by atoms with Gasteiger partial charge < -0.3 is 4.74 Å². The number of rotatable bonds is 3. The summed E-state index contributed by atoms with van der Waals surface area (Å²) in [6.07, 6.45) is 4.07. The summed E-state index contributed by atoms with van der Waals surface area (Å²) in [5.74, 6) is 2.36. The van der Waals surface area contributed by atoms with Crippen LogP contribution in [0.3, 0.4) is 0 Å². The maximum absolute atomic E-state index is 5.91. The first kappa shape index (κ1) is 13.1. The van der Waals surface area contributed by atoms with Crippen molar-refractivity contribution in [3.63, 3.8) is 0 Å². The molecule has 1 aliphatic carbocycles. The lowest BCUT2D eigenvalue weighted by atomic mass is 10.1. The molecule has 3 heteroatoms. The number of aliphatic imine (C=N–C) groups is 1. The Labute approximate surface area is 107 Å². The van der Waals surface area contributed by atoms with Gasteiger partial charge in [0, 0.05) is 14.0 Å². The van der Waals surface area contributed by atoms with Gasteiger partial charge in [-0.05, 0) is 17.9 Å². The maximum Gasteiger partial charge on any atom is 0.186 e. The summed E-state index contributed by atoms with van der Waals surface area (Å²) < 4.78 is 5.91. The highest BCUT2D eigenvalue weighted by molar-refractivity contribution is 6.77. The van der Waals surface area contributed by atoms with Crippen LogP contribution in [0.25, 0.3) is 0 Å². The second kappa shape index (κ2) is 4.75. The Bertz CT molecular complexity index is 306. The van der Waals surface area contributed by atoms with Gasteiger partial charge in [0.05, 0.1) is 6.04 Å². The summed E-state index contributed by atoms with van der Waals surface area (Å²) >= 11 is 0. The molecule has 2 nitrogen and oxygen atoms in total. The Morgan fingerprint density at radius 1 is 1.24 bits per heavy atom. The molecule has 0 radical (unpaired) electrons. The zero-order valence-corrected chi connectivity index (χ0v) is 13.0. The van der Waals surface area contributed by atoms with E-state index in [1.165, 1.54) is 19.3 Å². The first-order valence-corrected chi connectivity index (χ1v) is 10.7. The van der Waals surface area contributed by atoms with Gasteiger partial charge >= 0.3 is 0 Å². The molecule has 2 rings (SSSR count). The van der Waals surface area contributed by atoms with E-state index in [1.54, 1.807) is 0 Å². The van der Waals surface area contributed by atoms with Crippen molar-refractivity contribution < 1.29 is 4.74 Å². The third-order valence-corrected chi connectivity index (χ3v) is 7.33. The first-order chi connectivity index (χ1) is 7.89. The Kier molecular flexibility index (Phi) is 3.67. The molecular weight excluding hydrogens is 226 g/mol. The van der Waals surface area contributed by atoms with Crippen molar-refractivity contribution in [2.75, 3.05) is 6.61 Å². The van der Waals surface area contributed by atoms with E-state index in [1.807, 2.05) is 0 Å². The van der Waals surface area contributed by atoms with Crippen LogP contribution in [0.15, 0.2) is 4.99 Å². The number of hydrogen-bond acceptors (Lipinski definition) is 2. The van der Waals surface area contributed by atoms with Crippen LogP contribution in [0.5, 0.6) is 0 Å². The maximum atomic E-state index is 5.91. The van der Waals surface area contributed by atoms with E-state index in [2.05, 4.69) is 33.5 Å². The Morgan fingerprint density at radius 3 is 2.47 bits per heavy atom. The van der Waals surface area contributed by atoms with Crippen LogP contribution in [0.2, 0.25) is 25.2 Å². The second-order valence-electron chi connectivity index (χ2n) is 7.10. The summed E-state index contributed by atoms with van der Waals surface area (Å²) in [6, 6.07) is 0.410. The molecule has 0 bridgehead atoms. The van der Waals surface area contributed by atoms with Crippen molar-refractivity contribution in [2.24, 2.45) is 16.8 Å². The fourth-order valence-electron chi connectivity index (χ4n) is 3.25. The largest absolute Gasteiger partial charge is 0.478 e. The van der Waals surface area contributed by atoms with Crippen molar-refractivity contribution in [3.05, 3.63) is 0 Å².